The number of nitrogens with one attached hydrogen (secondary N) is 1. The topological polar surface area (TPSA) is 228 Å². The largest absolute Gasteiger partial charge is 0.394 e. The Morgan fingerprint density at radius 3 is 2.12 bits per heavy atom. The molecule has 0 aromatic rings. The van der Waals surface area contributed by atoms with Crippen LogP contribution in [0.3, 0.4) is 0 Å². The van der Waals surface area contributed by atoms with E-state index in [0.717, 1.165) is 32.1 Å². The van der Waals surface area contributed by atoms with Crippen molar-refractivity contribution in [2.75, 3.05) is 19.8 Å². The summed E-state index contributed by atoms with van der Waals surface area (Å²) in [4.78, 5) is 11.7. The first-order valence-corrected chi connectivity index (χ1v) is 13.9. The maximum absolute atomic E-state index is 11.7. The summed E-state index contributed by atoms with van der Waals surface area (Å²) in [5, 5.41) is 83.9. The van der Waals surface area contributed by atoms with Crippen molar-refractivity contribution in [3.05, 3.63) is 12.2 Å². The molecular formula is C26H47NO13. The van der Waals surface area contributed by atoms with Gasteiger partial charge in [-0.25, -0.2) is 0 Å². The number of carbonyl (C=O) groups is 1. The van der Waals surface area contributed by atoms with Crippen LogP contribution >= 0.6 is 0 Å². The summed E-state index contributed by atoms with van der Waals surface area (Å²) in [6, 6.07) is -0.905. The molecule has 2 aliphatic rings. The molecule has 234 valence electrons. The van der Waals surface area contributed by atoms with E-state index in [4.69, 9.17) is 18.9 Å². The van der Waals surface area contributed by atoms with Crippen molar-refractivity contribution in [3.8, 4) is 0 Å². The Morgan fingerprint density at radius 1 is 0.875 bits per heavy atom. The molecule has 2 aliphatic heterocycles. The van der Waals surface area contributed by atoms with Crippen LogP contribution < -0.4 is 5.32 Å². The second-order valence-electron chi connectivity index (χ2n) is 10.3. The van der Waals surface area contributed by atoms with Gasteiger partial charge in [-0.1, -0.05) is 44.8 Å². The second-order valence-corrected chi connectivity index (χ2v) is 10.3. The number of unbranched alkanes of at least 4 members (excludes halogenated alkanes) is 5. The Balaban J connectivity index is 1.98. The van der Waals surface area contributed by atoms with Gasteiger partial charge in [0.2, 0.25) is 5.91 Å². The third-order valence-electron chi connectivity index (χ3n) is 7.01. The Bertz CT molecular complexity index is 754. The van der Waals surface area contributed by atoms with Gasteiger partial charge in [0.1, 0.15) is 48.8 Å². The Morgan fingerprint density at radius 2 is 1.50 bits per heavy atom. The van der Waals surface area contributed by atoms with Gasteiger partial charge < -0.3 is 65.1 Å². The maximum atomic E-state index is 11.7. The van der Waals surface area contributed by atoms with E-state index in [1.807, 2.05) is 6.08 Å². The molecule has 0 saturated carbocycles. The fourth-order valence-electron chi connectivity index (χ4n) is 4.61. The van der Waals surface area contributed by atoms with Crippen molar-refractivity contribution in [2.45, 2.75) is 126 Å². The first-order chi connectivity index (χ1) is 19.0. The van der Waals surface area contributed by atoms with Crippen LogP contribution in [0.1, 0.15) is 52.4 Å². The van der Waals surface area contributed by atoms with Gasteiger partial charge >= 0.3 is 0 Å². The minimum atomic E-state index is -1.78. The van der Waals surface area contributed by atoms with Gasteiger partial charge in [-0.2, -0.15) is 0 Å². The maximum Gasteiger partial charge on any atom is 0.217 e. The number of allylic oxidation sites excluding steroid dienone is 1. The predicted octanol–water partition coefficient (Wildman–Crippen LogP) is -2.59. The molecule has 9 N–H and O–H groups in total. The minimum absolute atomic E-state index is 0.313. The van der Waals surface area contributed by atoms with Crippen LogP contribution in [0.25, 0.3) is 0 Å². The fraction of sp³-hybridized carbons (Fsp3) is 0.885. The number of aliphatic hydroxyl groups is 8. The molecule has 2 saturated heterocycles. The summed E-state index contributed by atoms with van der Waals surface area (Å²) >= 11 is 0. The highest BCUT2D eigenvalue weighted by molar-refractivity contribution is 5.73. The van der Waals surface area contributed by atoms with E-state index in [1.54, 1.807) is 6.08 Å². The van der Waals surface area contributed by atoms with Crippen LogP contribution in [-0.2, 0) is 23.7 Å². The first-order valence-electron chi connectivity index (χ1n) is 13.9. The van der Waals surface area contributed by atoms with Crippen LogP contribution in [-0.4, -0.2) is 140 Å². The second kappa shape index (κ2) is 17.6. The highest BCUT2D eigenvalue weighted by atomic mass is 16.7. The van der Waals surface area contributed by atoms with Crippen molar-refractivity contribution in [1.82, 2.24) is 5.32 Å². The van der Waals surface area contributed by atoms with Gasteiger partial charge in [0, 0.05) is 6.92 Å². The molecule has 0 aromatic heterocycles. The van der Waals surface area contributed by atoms with Gasteiger partial charge in [0.05, 0.1) is 32.0 Å². The zero-order valence-electron chi connectivity index (χ0n) is 23.1. The lowest BCUT2D eigenvalue weighted by Gasteiger charge is -2.46. The fourth-order valence-corrected chi connectivity index (χ4v) is 4.61. The van der Waals surface area contributed by atoms with E-state index >= 15 is 0 Å². The van der Waals surface area contributed by atoms with E-state index in [-0.39, 0.29) is 6.61 Å². The highest BCUT2D eigenvalue weighted by Gasteiger charge is 2.50. The molecular weight excluding hydrogens is 534 g/mol. The molecule has 2 rings (SSSR count). The van der Waals surface area contributed by atoms with Crippen LogP contribution in [0.15, 0.2) is 12.2 Å². The molecule has 12 atom stereocenters. The average molecular weight is 582 g/mol. The minimum Gasteiger partial charge on any atom is -0.394 e. The standard InChI is InChI=1S/C26H47NO13/c1-3-4-5-6-7-8-9-10-16(31)15(27-14(2)30)13-37-25-23(36)21(34)24(18(12-29)39-25)40-26-22(35)20(33)19(32)17(11-28)38-26/h9-10,15-26,28-29,31-36H,3-8,11-13H2,1-2H3,(H,27,30)/b10-9+. The smallest absolute Gasteiger partial charge is 0.217 e. The van der Waals surface area contributed by atoms with E-state index < -0.39 is 92.7 Å². The highest BCUT2D eigenvalue weighted by Crippen LogP contribution is 2.29. The van der Waals surface area contributed by atoms with Gasteiger partial charge in [-0.3, -0.25) is 4.79 Å². The lowest BCUT2D eigenvalue weighted by atomic mass is 9.97. The van der Waals surface area contributed by atoms with Crippen molar-refractivity contribution in [3.63, 3.8) is 0 Å². The molecule has 0 radical (unpaired) electrons. The SMILES string of the molecule is CCCCCCC/C=C/C(O)C(COC1OC(CO)C(OC2OC(CO)C(O)C(O)C2O)C(O)C1O)NC(C)=O. The summed E-state index contributed by atoms with van der Waals surface area (Å²) < 4.78 is 22.0. The normalized spacial score (nSPS) is 36.5. The van der Waals surface area contributed by atoms with Gasteiger partial charge in [0.25, 0.3) is 0 Å². The Kier molecular flexibility index (Phi) is 15.4. The zero-order chi connectivity index (χ0) is 29.8. The molecule has 0 aliphatic carbocycles. The predicted molar refractivity (Wildman–Crippen MR) is 138 cm³/mol. The van der Waals surface area contributed by atoms with Crippen LogP contribution in [0.5, 0.6) is 0 Å². The lowest BCUT2D eigenvalue weighted by molar-refractivity contribution is -0.359. The number of rotatable bonds is 16. The van der Waals surface area contributed by atoms with E-state index in [0.29, 0.717) is 0 Å². The molecule has 2 heterocycles. The van der Waals surface area contributed by atoms with E-state index in [1.165, 1.54) is 13.3 Å². The molecule has 14 nitrogen and oxygen atoms in total. The molecule has 40 heavy (non-hydrogen) atoms. The number of hydrogen-bond donors (Lipinski definition) is 9. The van der Waals surface area contributed by atoms with Crippen molar-refractivity contribution < 1.29 is 64.6 Å². The van der Waals surface area contributed by atoms with E-state index in [9.17, 15) is 45.6 Å². The number of carbonyl (C=O) groups excluding carboxylic acids is 1. The Labute approximate surface area is 234 Å². The molecule has 0 spiro atoms. The first kappa shape index (κ1) is 34.9. The summed E-state index contributed by atoms with van der Waals surface area (Å²) in [6.45, 7) is 1.68. The van der Waals surface area contributed by atoms with Gasteiger partial charge in [0.15, 0.2) is 12.6 Å². The molecule has 0 bridgehead atoms. The zero-order valence-corrected chi connectivity index (χ0v) is 23.1. The summed E-state index contributed by atoms with van der Waals surface area (Å²) in [7, 11) is 0. The lowest BCUT2D eigenvalue weighted by Crippen LogP contribution is -2.65. The summed E-state index contributed by atoms with van der Waals surface area (Å²) in [5.41, 5.74) is 0. The quantitative estimate of drug-likeness (QED) is 0.0674. The monoisotopic (exact) mass is 581 g/mol. The van der Waals surface area contributed by atoms with Crippen LogP contribution in [0.2, 0.25) is 0 Å². The molecule has 0 aromatic carbocycles. The number of ether oxygens (including phenoxy) is 4. The van der Waals surface area contributed by atoms with Crippen LogP contribution in [0.4, 0.5) is 0 Å². The van der Waals surface area contributed by atoms with E-state index in [2.05, 4.69) is 12.2 Å². The number of hydrogen-bond acceptors (Lipinski definition) is 13. The Hall–Kier alpha value is -1.27. The van der Waals surface area contributed by atoms with Crippen molar-refractivity contribution in [1.29, 1.82) is 0 Å². The molecule has 12 unspecified atom stereocenters. The molecule has 14 heteroatoms. The van der Waals surface area contributed by atoms with Crippen LogP contribution in [0, 0.1) is 0 Å². The van der Waals surface area contributed by atoms with Crippen molar-refractivity contribution in [2.24, 2.45) is 0 Å². The summed E-state index contributed by atoms with van der Waals surface area (Å²) in [5.74, 6) is -0.424. The number of amides is 1. The molecule has 2 fully saturated rings. The molecule has 1 amide bonds. The van der Waals surface area contributed by atoms with Crippen molar-refractivity contribution >= 4 is 5.91 Å². The van der Waals surface area contributed by atoms with Gasteiger partial charge in [-0.05, 0) is 12.8 Å². The van der Waals surface area contributed by atoms with Gasteiger partial charge in [-0.15, -0.1) is 0 Å². The third-order valence-corrected chi connectivity index (χ3v) is 7.01. The average Bonchev–Trinajstić information content (AvgIpc) is 2.93. The third kappa shape index (κ3) is 9.93. The number of aliphatic hydroxyl groups excluding tert-OH is 8. The summed E-state index contributed by atoms with van der Waals surface area (Å²) in [6.07, 6.45) is -7.24.